The number of likely N-dealkylation sites (N-methyl/N-ethyl adjacent to an activating group) is 1. The van der Waals surface area contributed by atoms with Crippen molar-refractivity contribution in [3.63, 3.8) is 0 Å². The van der Waals surface area contributed by atoms with Crippen molar-refractivity contribution in [3.05, 3.63) is 0 Å². The van der Waals surface area contributed by atoms with Crippen LogP contribution in [0, 0.1) is 5.41 Å². The van der Waals surface area contributed by atoms with Crippen LogP contribution in [0.2, 0.25) is 0 Å². The van der Waals surface area contributed by atoms with Crippen molar-refractivity contribution in [3.8, 4) is 0 Å². The summed E-state index contributed by atoms with van der Waals surface area (Å²) < 4.78 is 0. The number of ketones is 1. The third-order valence-corrected chi connectivity index (χ3v) is 2.21. The Labute approximate surface area is 93.5 Å². The van der Waals surface area contributed by atoms with Gasteiger partial charge in [-0.05, 0) is 20.9 Å². The quantitative estimate of drug-likeness (QED) is 0.759. The molecule has 1 N–H and O–H groups in total. The average Bonchev–Trinajstić information content (AvgIpc) is 1.94. The van der Waals surface area contributed by atoms with Gasteiger partial charge in [0.05, 0.1) is 5.60 Å². The molecule has 0 aromatic carbocycles. The van der Waals surface area contributed by atoms with E-state index in [2.05, 4.69) is 0 Å². The second kappa shape index (κ2) is 5.08. The molecule has 3 nitrogen and oxygen atoms in total. The Balaban J connectivity index is 3.92. The van der Waals surface area contributed by atoms with E-state index in [9.17, 15) is 9.90 Å². The molecule has 0 radical (unpaired) electrons. The lowest BCUT2D eigenvalue weighted by atomic mass is 9.89. The molecule has 90 valence electrons. The van der Waals surface area contributed by atoms with Crippen LogP contribution in [0.5, 0.6) is 0 Å². The van der Waals surface area contributed by atoms with Gasteiger partial charge in [-0.25, -0.2) is 0 Å². The van der Waals surface area contributed by atoms with E-state index >= 15 is 0 Å². The maximum Gasteiger partial charge on any atom is 0.139 e. The van der Waals surface area contributed by atoms with Crippen molar-refractivity contribution in [2.24, 2.45) is 5.41 Å². The van der Waals surface area contributed by atoms with E-state index in [1.165, 1.54) is 0 Å². The van der Waals surface area contributed by atoms with E-state index in [-0.39, 0.29) is 11.2 Å². The molecule has 0 aliphatic heterocycles. The van der Waals surface area contributed by atoms with E-state index < -0.39 is 5.60 Å². The second-order valence-corrected chi connectivity index (χ2v) is 5.97. The molecule has 0 atom stereocenters. The monoisotopic (exact) mass is 215 g/mol. The van der Waals surface area contributed by atoms with E-state index in [4.69, 9.17) is 0 Å². The Kier molecular flexibility index (Phi) is 4.94. The Morgan fingerprint density at radius 1 is 1.20 bits per heavy atom. The maximum absolute atomic E-state index is 11.6. The van der Waals surface area contributed by atoms with Crippen molar-refractivity contribution < 1.29 is 9.90 Å². The summed E-state index contributed by atoms with van der Waals surface area (Å²) in [4.78, 5) is 13.6. The Morgan fingerprint density at radius 2 is 1.67 bits per heavy atom. The van der Waals surface area contributed by atoms with Gasteiger partial charge in [0.25, 0.3) is 0 Å². The molecular weight excluding hydrogens is 190 g/mol. The fourth-order valence-electron chi connectivity index (χ4n) is 1.41. The summed E-state index contributed by atoms with van der Waals surface area (Å²) in [6.07, 6.45) is 0.552. The summed E-state index contributed by atoms with van der Waals surface area (Å²) in [5.41, 5.74) is -0.949. The van der Waals surface area contributed by atoms with Gasteiger partial charge in [0.1, 0.15) is 5.78 Å². The molecule has 0 saturated heterocycles. The first-order chi connectivity index (χ1) is 6.52. The molecule has 0 heterocycles. The predicted molar refractivity (Wildman–Crippen MR) is 62.9 cm³/mol. The topological polar surface area (TPSA) is 40.5 Å². The lowest BCUT2D eigenvalue weighted by Gasteiger charge is -2.26. The van der Waals surface area contributed by atoms with Crippen LogP contribution in [-0.2, 0) is 4.79 Å². The number of hydrogen-bond donors (Lipinski definition) is 1. The highest BCUT2D eigenvalue weighted by Crippen LogP contribution is 2.16. The highest BCUT2D eigenvalue weighted by molar-refractivity contribution is 5.83. The van der Waals surface area contributed by atoms with Gasteiger partial charge in [0, 0.05) is 24.9 Å². The summed E-state index contributed by atoms with van der Waals surface area (Å²) in [5.74, 6) is 0.269. The third kappa shape index (κ3) is 7.51. The van der Waals surface area contributed by atoms with Gasteiger partial charge in [-0.3, -0.25) is 4.79 Å². The van der Waals surface area contributed by atoms with Crippen molar-refractivity contribution in [2.75, 3.05) is 20.1 Å². The molecule has 0 aromatic rings. The minimum absolute atomic E-state index is 0.254. The number of aliphatic hydroxyl groups is 1. The molecule has 0 aromatic heterocycles. The molecule has 0 rings (SSSR count). The Bertz CT molecular complexity index is 211. The molecule has 0 aliphatic carbocycles. The van der Waals surface area contributed by atoms with E-state index in [1.54, 1.807) is 13.8 Å². The first-order valence-corrected chi connectivity index (χ1v) is 5.46. The summed E-state index contributed by atoms with van der Waals surface area (Å²) in [5, 5.41) is 9.59. The molecule has 0 amide bonds. The highest BCUT2D eigenvalue weighted by Gasteiger charge is 2.22. The van der Waals surface area contributed by atoms with Crippen LogP contribution in [0.15, 0.2) is 0 Å². The third-order valence-electron chi connectivity index (χ3n) is 2.21. The summed E-state index contributed by atoms with van der Waals surface area (Å²) in [7, 11) is 1.92. The maximum atomic E-state index is 11.6. The van der Waals surface area contributed by atoms with Crippen LogP contribution in [-0.4, -0.2) is 41.5 Å². The van der Waals surface area contributed by atoms with E-state index in [1.807, 2.05) is 32.7 Å². The molecule has 15 heavy (non-hydrogen) atoms. The average molecular weight is 215 g/mol. The van der Waals surface area contributed by atoms with Gasteiger partial charge < -0.3 is 10.0 Å². The van der Waals surface area contributed by atoms with Gasteiger partial charge in [-0.1, -0.05) is 20.8 Å². The van der Waals surface area contributed by atoms with Gasteiger partial charge in [-0.15, -0.1) is 0 Å². The van der Waals surface area contributed by atoms with Crippen LogP contribution < -0.4 is 0 Å². The minimum Gasteiger partial charge on any atom is -0.389 e. The van der Waals surface area contributed by atoms with E-state index in [0.29, 0.717) is 19.5 Å². The number of rotatable bonds is 5. The summed E-state index contributed by atoms with van der Waals surface area (Å²) in [6, 6.07) is 0. The molecule has 0 saturated carbocycles. The lowest BCUT2D eigenvalue weighted by molar-refractivity contribution is -0.126. The standard InChI is InChI=1S/C12H25NO2/c1-11(2,3)10(14)7-8-13(6)9-12(4,5)15/h15H,7-9H2,1-6H3. The van der Waals surface area contributed by atoms with Gasteiger partial charge >= 0.3 is 0 Å². The number of nitrogens with zero attached hydrogens (tertiary/aromatic N) is 1. The fraction of sp³-hybridized carbons (Fsp3) is 0.917. The van der Waals surface area contributed by atoms with E-state index in [0.717, 1.165) is 0 Å². The van der Waals surface area contributed by atoms with Crippen LogP contribution in [0.25, 0.3) is 0 Å². The molecule has 0 bridgehead atoms. The smallest absolute Gasteiger partial charge is 0.139 e. The molecule has 0 fully saturated rings. The number of carbonyl (C=O) groups excluding carboxylic acids is 1. The lowest BCUT2D eigenvalue weighted by Crippen LogP contribution is -2.37. The zero-order valence-corrected chi connectivity index (χ0v) is 10.9. The second-order valence-electron chi connectivity index (χ2n) is 5.97. The van der Waals surface area contributed by atoms with Crippen molar-refractivity contribution in [1.82, 2.24) is 4.90 Å². The van der Waals surface area contributed by atoms with Crippen LogP contribution in [0.1, 0.15) is 41.0 Å². The largest absolute Gasteiger partial charge is 0.389 e. The molecule has 0 unspecified atom stereocenters. The summed E-state index contributed by atoms with van der Waals surface area (Å²) in [6.45, 7) is 10.6. The summed E-state index contributed by atoms with van der Waals surface area (Å²) >= 11 is 0. The van der Waals surface area contributed by atoms with Gasteiger partial charge in [0.15, 0.2) is 0 Å². The molecular formula is C12H25NO2. The number of hydrogen-bond acceptors (Lipinski definition) is 3. The van der Waals surface area contributed by atoms with Crippen LogP contribution in [0.4, 0.5) is 0 Å². The van der Waals surface area contributed by atoms with Gasteiger partial charge in [-0.2, -0.15) is 0 Å². The minimum atomic E-state index is -0.695. The first-order valence-electron chi connectivity index (χ1n) is 5.46. The zero-order valence-electron chi connectivity index (χ0n) is 10.9. The highest BCUT2D eigenvalue weighted by atomic mass is 16.3. The normalized spacial score (nSPS) is 13.3. The van der Waals surface area contributed by atoms with Crippen LogP contribution in [0.3, 0.4) is 0 Å². The predicted octanol–water partition coefficient (Wildman–Crippen LogP) is 1.69. The SMILES string of the molecule is CN(CCC(=O)C(C)(C)C)CC(C)(C)O. The van der Waals surface area contributed by atoms with Crippen molar-refractivity contribution >= 4 is 5.78 Å². The van der Waals surface area contributed by atoms with Crippen molar-refractivity contribution in [1.29, 1.82) is 0 Å². The Morgan fingerprint density at radius 3 is 2.00 bits per heavy atom. The molecule has 3 heteroatoms. The fourth-order valence-corrected chi connectivity index (χ4v) is 1.41. The zero-order chi connectivity index (χ0) is 12.3. The van der Waals surface area contributed by atoms with Crippen LogP contribution >= 0.6 is 0 Å². The number of Topliss-reactive ketones (excluding diaryl/α,β-unsaturated/α-hetero) is 1. The molecule has 0 aliphatic rings. The van der Waals surface area contributed by atoms with Gasteiger partial charge in [0.2, 0.25) is 0 Å². The number of carbonyl (C=O) groups is 1. The Hall–Kier alpha value is -0.410. The molecule has 0 spiro atoms. The first kappa shape index (κ1) is 14.6. The van der Waals surface area contributed by atoms with Crippen molar-refractivity contribution in [2.45, 2.75) is 46.6 Å².